The third kappa shape index (κ3) is 3.80. The number of H-pyrrole nitrogens is 1. The van der Waals surface area contributed by atoms with Gasteiger partial charge in [-0.05, 0) is 36.9 Å². The van der Waals surface area contributed by atoms with Gasteiger partial charge in [-0.25, -0.2) is 4.98 Å². The van der Waals surface area contributed by atoms with Crippen LogP contribution < -0.4 is 15.0 Å². The van der Waals surface area contributed by atoms with E-state index in [1.807, 2.05) is 43.4 Å². The molecule has 0 atom stereocenters. The zero-order valence-corrected chi connectivity index (χ0v) is 14.6. The first-order chi connectivity index (χ1) is 12.1. The average molecular weight is 339 g/mol. The number of aromatic nitrogens is 2. The predicted octanol–water partition coefficient (Wildman–Crippen LogP) is 2.57. The van der Waals surface area contributed by atoms with Crippen molar-refractivity contribution in [3.63, 3.8) is 0 Å². The van der Waals surface area contributed by atoms with E-state index >= 15 is 0 Å². The molecule has 1 heterocycles. The second-order valence-electron chi connectivity index (χ2n) is 5.89. The van der Waals surface area contributed by atoms with E-state index in [0.717, 1.165) is 5.56 Å². The van der Waals surface area contributed by atoms with Crippen LogP contribution in [0.25, 0.3) is 10.9 Å². The van der Waals surface area contributed by atoms with Gasteiger partial charge in [0.25, 0.3) is 5.56 Å². The number of benzene rings is 2. The minimum atomic E-state index is -0.111. The Morgan fingerprint density at radius 1 is 1.04 bits per heavy atom. The molecule has 1 aromatic heterocycles. The highest BCUT2D eigenvalue weighted by Gasteiger charge is 2.09. The summed E-state index contributed by atoms with van der Waals surface area (Å²) in [4.78, 5) is 21.6. The van der Waals surface area contributed by atoms with Gasteiger partial charge in [0.15, 0.2) is 11.5 Å². The molecule has 6 nitrogen and oxygen atoms in total. The Balaban J connectivity index is 1.76. The van der Waals surface area contributed by atoms with Gasteiger partial charge in [0.05, 0.1) is 31.7 Å². The molecule has 0 bridgehead atoms. The summed E-state index contributed by atoms with van der Waals surface area (Å²) in [5.41, 5.74) is 1.68. The molecule has 2 aromatic carbocycles. The average Bonchev–Trinajstić information content (AvgIpc) is 2.61. The number of nitrogens with zero attached hydrogens (tertiary/aromatic N) is 2. The van der Waals surface area contributed by atoms with E-state index in [1.165, 1.54) is 0 Å². The number of hydrogen-bond donors (Lipinski definition) is 1. The van der Waals surface area contributed by atoms with Gasteiger partial charge < -0.3 is 14.5 Å². The monoisotopic (exact) mass is 339 g/mol. The predicted molar refractivity (Wildman–Crippen MR) is 97.1 cm³/mol. The van der Waals surface area contributed by atoms with Gasteiger partial charge in [0, 0.05) is 6.54 Å². The van der Waals surface area contributed by atoms with Crippen molar-refractivity contribution < 1.29 is 9.47 Å². The van der Waals surface area contributed by atoms with E-state index < -0.39 is 0 Å². The van der Waals surface area contributed by atoms with Crippen LogP contribution in [0.4, 0.5) is 0 Å². The van der Waals surface area contributed by atoms with Crippen LogP contribution in [0.2, 0.25) is 0 Å². The maximum atomic E-state index is 12.1. The van der Waals surface area contributed by atoms with Crippen LogP contribution in [-0.4, -0.2) is 36.1 Å². The van der Waals surface area contributed by atoms with Gasteiger partial charge in [-0.15, -0.1) is 0 Å². The molecule has 0 spiro atoms. The van der Waals surface area contributed by atoms with Crippen molar-refractivity contribution in [1.29, 1.82) is 0 Å². The molecule has 6 heteroatoms. The Labute approximate surface area is 146 Å². The number of hydrogen-bond acceptors (Lipinski definition) is 5. The van der Waals surface area contributed by atoms with E-state index in [1.54, 1.807) is 20.3 Å². The molecule has 130 valence electrons. The fourth-order valence-electron chi connectivity index (χ4n) is 2.81. The van der Waals surface area contributed by atoms with Gasteiger partial charge in [0.1, 0.15) is 5.82 Å². The van der Waals surface area contributed by atoms with Gasteiger partial charge in [-0.1, -0.05) is 18.2 Å². The number of para-hydroxylation sites is 1. The fourth-order valence-corrected chi connectivity index (χ4v) is 2.81. The number of fused-ring (bicyclic) bond motifs is 1. The second kappa shape index (κ2) is 7.36. The van der Waals surface area contributed by atoms with Crippen LogP contribution in [0.1, 0.15) is 11.4 Å². The van der Waals surface area contributed by atoms with E-state index in [4.69, 9.17) is 9.47 Å². The molecular formula is C19H21N3O3. The third-order valence-corrected chi connectivity index (χ3v) is 3.98. The molecular weight excluding hydrogens is 318 g/mol. The van der Waals surface area contributed by atoms with E-state index in [9.17, 15) is 4.79 Å². The number of rotatable bonds is 6. The van der Waals surface area contributed by atoms with Crippen LogP contribution in [0.15, 0.2) is 47.3 Å². The second-order valence-corrected chi connectivity index (χ2v) is 5.89. The Kier molecular flexibility index (Phi) is 5.00. The number of ether oxygens (including phenoxy) is 2. The Hall–Kier alpha value is -2.86. The summed E-state index contributed by atoms with van der Waals surface area (Å²) in [6, 6.07) is 13.2. The smallest absolute Gasteiger partial charge is 0.258 e. The lowest BCUT2D eigenvalue weighted by atomic mass is 10.2. The first-order valence-corrected chi connectivity index (χ1v) is 7.98. The zero-order chi connectivity index (χ0) is 17.8. The molecule has 0 radical (unpaired) electrons. The van der Waals surface area contributed by atoms with Crippen LogP contribution >= 0.6 is 0 Å². The minimum Gasteiger partial charge on any atom is -0.493 e. The van der Waals surface area contributed by atoms with Crippen molar-refractivity contribution in [2.45, 2.75) is 13.1 Å². The number of aromatic amines is 1. The Morgan fingerprint density at radius 2 is 1.80 bits per heavy atom. The Morgan fingerprint density at radius 3 is 2.56 bits per heavy atom. The summed E-state index contributed by atoms with van der Waals surface area (Å²) in [6.45, 7) is 1.23. The van der Waals surface area contributed by atoms with E-state index in [2.05, 4.69) is 14.9 Å². The van der Waals surface area contributed by atoms with Crippen LogP contribution in [-0.2, 0) is 13.1 Å². The fraction of sp³-hybridized carbons (Fsp3) is 0.263. The van der Waals surface area contributed by atoms with Crippen molar-refractivity contribution in [3.8, 4) is 11.5 Å². The first-order valence-electron chi connectivity index (χ1n) is 7.98. The van der Waals surface area contributed by atoms with E-state index in [-0.39, 0.29) is 5.56 Å². The van der Waals surface area contributed by atoms with Crippen molar-refractivity contribution >= 4 is 10.9 Å². The molecule has 0 aliphatic rings. The molecule has 0 saturated heterocycles. The van der Waals surface area contributed by atoms with Gasteiger partial charge in [-0.2, -0.15) is 0 Å². The highest BCUT2D eigenvalue weighted by Crippen LogP contribution is 2.28. The van der Waals surface area contributed by atoms with Gasteiger partial charge in [-0.3, -0.25) is 9.69 Å². The molecule has 3 aromatic rings. The Bertz CT molecular complexity index is 937. The van der Waals surface area contributed by atoms with Crippen molar-refractivity contribution in [1.82, 2.24) is 14.9 Å². The number of nitrogens with one attached hydrogen (secondary N) is 1. The van der Waals surface area contributed by atoms with Crippen LogP contribution in [0.3, 0.4) is 0 Å². The maximum Gasteiger partial charge on any atom is 0.258 e. The third-order valence-electron chi connectivity index (χ3n) is 3.98. The summed E-state index contributed by atoms with van der Waals surface area (Å²) >= 11 is 0. The lowest BCUT2D eigenvalue weighted by Gasteiger charge is -2.17. The molecule has 0 saturated carbocycles. The lowest BCUT2D eigenvalue weighted by Crippen LogP contribution is -2.21. The highest BCUT2D eigenvalue weighted by molar-refractivity contribution is 5.77. The normalized spacial score (nSPS) is 11.0. The molecule has 0 fully saturated rings. The summed E-state index contributed by atoms with van der Waals surface area (Å²) in [5, 5.41) is 0.605. The van der Waals surface area contributed by atoms with E-state index in [0.29, 0.717) is 41.3 Å². The summed E-state index contributed by atoms with van der Waals surface area (Å²) < 4.78 is 10.6. The topological polar surface area (TPSA) is 67.5 Å². The summed E-state index contributed by atoms with van der Waals surface area (Å²) in [7, 11) is 5.21. The molecule has 25 heavy (non-hydrogen) atoms. The number of methoxy groups -OCH3 is 2. The molecule has 0 amide bonds. The SMILES string of the molecule is COc1ccc(CN(C)Cc2nc3ccccc3c(=O)[nH]2)cc1OC. The molecule has 3 rings (SSSR count). The molecule has 0 aliphatic carbocycles. The van der Waals surface area contributed by atoms with Crippen LogP contribution in [0, 0.1) is 0 Å². The van der Waals surface area contributed by atoms with Crippen molar-refractivity contribution in [2.24, 2.45) is 0 Å². The van der Waals surface area contributed by atoms with Crippen molar-refractivity contribution in [2.75, 3.05) is 21.3 Å². The van der Waals surface area contributed by atoms with Gasteiger partial charge >= 0.3 is 0 Å². The zero-order valence-electron chi connectivity index (χ0n) is 14.6. The van der Waals surface area contributed by atoms with Gasteiger partial charge in [0.2, 0.25) is 0 Å². The first kappa shape index (κ1) is 17.0. The summed E-state index contributed by atoms with van der Waals surface area (Å²) in [5.74, 6) is 2.05. The van der Waals surface area contributed by atoms with Crippen LogP contribution in [0.5, 0.6) is 11.5 Å². The maximum absolute atomic E-state index is 12.1. The largest absolute Gasteiger partial charge is 0.493 e. The van der Waals surface area contributed by atoms with Crippen molar-refractivity contribution in [3.05, 3.63) is 64.2 Å². The quantitative estimate of drug-likeness (QED) is 0.748. The lowest BCUT2D eigenvalue weighted by molar-refractivity contribution is 0.308. The molecule has 0 unspecified atom stereocenters. The highest BCUT2D eigenvalue weighted by atomic mass is 16.5. The standard InChI is InChI=1S/C19H21N3O3/c1-22(11-13-8-9-16(24-2)17(10-13)25-3)12-18-20-15-7-5-4-6-14(15)19(23)21-18/h4-10H,11-12H2,1-3H3,(H,20,21,23). The molecule has 1 N–H and O–H groups in total. The summed E-state index contributed by atoms with van der Waals surface area (Å²) in [6.07, 6.45) is 0. The minimum absolute atomic E-state index is 0.111. The molecule has 0 aliphatic heterocycles.